The molecule has 0 fully saturated rings. The van der Waals surface area contributed by atoms with Gasteiger partial charge in [0.1, 0.15) is 0 Å². The summed E-state index contributed by atoms with van der Waals surface area (Å²) in [6, 6.07) is 15.8. The fraction of sp³-hybridized carbons (Fsp3) is 0.222. The number of fused-ring (bicyclic) bond motifs is 1. The van der Waals surface area contributed by atoms with Crippen LogP contribution in [0.4, 0.5) is 10.5 Å². The predicted molar refractivity (Wildman–Crippen MR) is 87.4 cm³/mol. The Morgan fingerprint density at radius 1 is 1.18 bits per heavy atom. The van der Waals surface area contributed by atoms with E-state index in [-0.39, 0.29) is 0 Å². The molecule has 1 heterocycles. The Kier molecular flexibility index (Phi) is 4.19. The summed E-state index contributed by atoms with van der Waals surface area (Å²) >= 11 is 0. The first kappa shape index (κ1) is 14.3. The molecule has 0 atom stereocenters. The Labute approximate surface area is 130 Å². The van der Waals surface area contributed by atoms with Gasteiger partial charge in [-0.25, -0.2) is 4.79 Å². The smallest absolute Gasteiger partial charge is 0.298 e. The molecule has 0 saturated carbocycles. The number of anilines is 1. The van der Waals surface area contributed by atoms with Gasteiger partial charge in [-0.05, 0) is 37.0 Å². The lowest BCUT2D eigenvalue weighted by molar-refractivity contribution is 0.158. The summed E-state index contributed by atoms with van der Waals surface area (Å²) in [5.74, 6) is 0. The van der Waals surface area contributed by atoms with Crippen molar-refractivity contribution in [3.8, 4) is 0 Å². The average Bonchev–Trinajstić information content (AvgIpc) is 2.56. The summed E-state index contributed by atoms with van der Waals surface area (Å²) in [7, 11) is 0. The minimum Gasteiger partial charge on any atom is -0.298 e. The summed E-state index contributed by atoms with van der Waals surface area (Å²) in [6.45, 7) is 2.69. The molecule has 4 nitrogen and oxygen atoms in total. The minimum atomic E-state index is -0.435. The molecule has 1 aliphatic rings. The van der Waals surface area contributed by atoms with Crippen LogP contribution < -0.4 is 4.90 Å². The number of para-hydroxylation sites is 1. The molecular weight excluding hydrogens is 276 g/mol. The highest BCUT2D eigenvalue weighted by Crippen LogP contribution is 2.27. The van der Waals surface area contributed by atoms with Crippen molar-refractivity contribution in [1.29, 1.82) is 0 Å². The normalized spacial score (nSPS) is 14.0. The lowest BCUT2D eigenvalue weighted by Crippen LogP contribution is -2.35. The zero-order valence-corrected chi connectivity index (χ0v) is 12.5. The molecule has 22 heavy (non-hydrogen) atoms. The second kappa shape index (κ2) is 6.43. The number of amides is 1. The average molecular weight is 294 g/mol. The van der Waals surface area contributed by atoms with Gasteiger partial charge < -0.3 is 0 Å². The van der Waals surface area contributed by atoms with Crippen LogP contribution in [0.3, 0.4) is 0 Å². The number of hydrogen-bond donors (Lipinski definition) is 0. The highest BCUT2D eigenvalue weighted by molar-refractivity contribution is 5.89. The molecule has 0 saturated heterocycles. The van der Waals surface area contributed by atoms with E-state index in [2.05, 4.69) is 5.16 Å². The van der Waals surface area contributed by atoms with Crippen LogP contribution >= 0.6 is 0 Å². The number of benzene rings is 2. The van der Waals surface area contributed by atoms with Gasteiger partial charge in [-0.2, -0.15) is 0 Å². The third kappa shape index (κ3) is 3.17. The van der Waals surface area contributed by atoms with Crippen LogP contribution in [0, 0.1) is 6.92 Å². The SMILES string of the molecule is Cc1ccc(C=NOC(=O)N2CCCc3ccccc32)cc1. The van der Waals surface area contributed by atoms with Gasteiger partial charge >= 0.3 is 6.09 Å². The van der Waals surface area contributed by atoms with Crippen LogP contribution in [0.25, 0.3) is 0 Å². The largest absolute Gasteiger partial charge is 0.440 e. The van der Waals surface area contributed by atoms with Crippen molar-refractivity contribution in [1.82, 2.24) is 0 Å². The first-order valence-corrected chi connectivity index (χ1v) is 7.40. The summed E-state index contributed by atoms with van der Waals surface area (Å²) in [5.41, 5.74) is 4.18. The van der Waals surface area contributed by atoms with Crippen LogP contribution in [0.1, 0.15) is 23.1 Å². The topological polar surface area (TPSA) is 41.9 Å². The maximum atomic E-state index is 12.2. The number of carbonyl (C=O) groups is 1. The van der Waals surface area contributed by atoms with Gasteiger partial charge in [0.05, 0.1) is 11.9 Å². The van der Waals surface area contributed by atoms with Gasteiger partial charge in [0.15, 0.2) is 0 Å². The molecule has 0 unspecified atom stereocenters. The van der Waals surface area contributed by atoms with E-state index in [0.29, 0.717) is 6.54 Å². The monoisotopic (exact) mass is 294 g/mol. The Balaban J connectivity index is 1.67. The molecule has 1 aliphatic heterocycles. The van der Waals surface area contributed by atoms with Gasteiger partial charge in [0.25, 0.3) is 0 Å². The summed E-state index contributed by atoms with van der Waals surface area (Å²) in [5, 5.41) is 3.80. The molecule has 0 aromatic heterocycles. The lowest BCUT2D eigenvalue weighted by Gasteiger charge is -2.27. The van der Waals surface area contributed by atoms with Gasteiger partial charge in [-0.1, -0.05) is 53.2 Å². The van der Waals surface area contributed by atoms with E-state index in [4.69, 9.17) is 4.84 Å². The van der Waals surface area contributed by atoms with Gasteiger partial charge in [0.2, 0.25) is 0 Å². The van der Waals surface area contributed by atoms with Gasteiger partial charge in [-0.15, -0.1) is 0 Å². The molecule has 2 aromatic carbocycles. The van der Waals surface area contributed by atoms with Crippen molar-refractivity contribution >= 4 is 18.0 Å². The molecule has 0 aliphatic carbocycles. The predicted octanol–water partition coefficient (Wildman–Crippen LogP) is 3.92. The molecule has 0 spiro atoms. The standard InChI is InChI=1S/C18H18N2O2/c1-14-8-10-15(11-9-14)13-19-22-18(21)20-12-4-6-16-5-2-3-7-17(16)20/h2-3,5,7-11,13H,4,6,12H2,1H3. The number of hydrogen-bond acceptors (Lipinski definition) is 3. The molecule has 0 radical (unpaired) electrons. The Bertz CT molecular complexity index is 692. The first-order valence-electron chi connectivity index (χ1n) is 7.40. The molecule has 3 rings (SSSR count). The van der Waals surface area contributed by atoms with Crippen molar-refractivity contribution in [3.63, 3.8) is 0 Å². The third-order valence-electron chi connectivity index (χ3n) is 3.74. The molecule has 1 amide bonds. The number of aryl methyl sites for hydroxylation is 2. The molecule has 0 N–H and O–H groups in total. The second-order valence-electron chi connectivity index (χ2n) is 5.39. The van der Waals surface area contributed by atoms with E-state index in [9.17, 15) is 4.79 Å². The maximum Gasteiger partial charge on any atom is 0.440 e. The van der Waals surface area contributed by atoms with Crippen molar-refractivity contribution < 1.29 is 9.63 Å². The molecule has 0 bridgehead atoms. The number of nitrogens with zero attached hydrogens (tertiary/aromatic N) is 2. The number of carbonyl (C=O) groups excluding carboxylic acids is 1. The number of rotatable bonds is 2. The maximum absolute atomic E-state index is 12.2. The van der Waals surface area contributed by atoms with E-state index < -0.39 is 6.09 Å². The summed E-state index contributed by atoms with van der Waals surface area (Å²) in [4.78, 5) is 18.9. The summed E-state index contributed by atoms with van der Waals surface area (Å²) < 4.78 is 0. The van der Waals surface area contributed by atoms with Crippen LogP contribution in [0.5, 0.6) is 0 Å². The lowest BCUT2D eigenvalue weighted by atomic mass is 10.0. The molecule has 112 valence electrons. The van der Waals surface area contributed by atoms with Crippen LogP contribution in [0.15, 0.2) is 53.7 Å². The van der Waals surface area contributed by atoms with Crippen molar-refractivity contribution in [2.45, 2.75) is 19.8 Å². The Morgan fingerprint density at radius 2 is 1.95 bits per heavy atom. The van der Waals surface area contributed by atoms with Crippen LogP contribution in [0.2, 0.25) is 0 Å². The van der Waals surface area contributed by atoms with Crippen molar-refractivity contribution in [2.75, 3.05) is 11.4 Å². The number of oxime groups is 1. The van der Waals surface area contributed by atoms with E-state index in [1.54, 1.807) is 11.1 Å². The van der Waals surface area contributed by atoms with E-state index in [1.165, 1.54) is 11.1 Å². The molecular formula is C18H18N2O2. The van der Waals surface area contributed by atoms with E-state index in [0.717, 1.165) is 24.1 Å². The molecule has 4 heteroatoms. The Morgan fingerprint density at radius 3 is 2.77 bits per heavy atom. The second-order valence-corrected chi connectivity index (χ2v) is 5.39. The molecule has 2 aromatic rings. The van der Waals surface area contributed by atoms with Gasteiger partial charge in [-0.3, -0.25) is 9.74 Å². The summed E-state index contributed by atoms with van der Waals surface area (Å²) in [6.07, 6.45) is 3.05. The zero-order chi connectivity index (χ0) is 15.4. The van der Waals surface area contributed by atoms with E-state index >= 15 is 0 Å². The van der Waals surface area contributed by atoms with Crippen molar-refractivity contribution in [3.05, 3.63) is 65.2 Å². The van der Waals surface area contributed by atoms with Crippen LogP contribution in [-0.4, -0.2) is 18.9 Å². The van der Waals surface area contributed by atoms with Crippen LogP contribution in [-0.2, 0) is 11.3 Å². The highest BCUT2D eigenvalue weighted by atomic mass is 16.7. The third-order valence-corrected chi connectivity index (χ3v) is 3.74. The Hall–Kier alpha value is -2.62. The zero-order valence-electron chi connectivity index (χ0n) is 12.5. The fourth-order valence-corrected chi connectivity index (χ4v) is 2.56. The van der Waals surface area contributed by atoms with Crippen molar-refractivity contribution in [2.24, 2.45) is 5.16 Å². The minimum absolute atomic E-state index is 0.435. The first-order chi connectivity index (χ1) is 10.7. The van der Waals surface area contributed by atoms with E-state index in [1.807, 2.05) is 55.5 Å². The quantitative estimate of drug-likeness (QED) is 0.478. The highest BCUT2D eigenvalue weighted by Gasteiger charge is 2.23. The van der Waals surface area contributed by atoms with Gasteiger partial charge in [0, 0.05) is 6.54 Å². The fourth-order valence-electron chi connectivity index (χ4n) is 2.56.